The number of hydrogen-bond donors (Lipinski definition) is 1. The minimum atomic E-state index is -0.270. The number of likely N-dealkylation sites (N-methyl/N-ethyl adjacent to an activating group) is 1. The molecule has 32 heavy (non-hydrogen) atoms. The number of amides is 3. The SMILES string of the molecule is CCN(CCc1ccncc1)C1=C(c2ccc(NC(C)=O)cc2)C(=O)N(CC(C)C)C1=O. The third kappa shape index (κ3) is 5.22. The number of benzene rings is 1. The number of carbonyl (C=O) groups excluding carboxylic acids is 3. The van der Waals surface area contributed by atoms with Crippen LogP contribution in [0.2, 0.25) is 0 Å². The molecule has 0 aliphatic carbocycles. The van der Waals surface area contributed by atoms with Gasteiger partial charge in [0, 0.05) is 44.6 Å². The number of pyridine rings is 1. The summed E-state index contributed by atoms with van der Waals surface area (Å²) < 4.78 is 0. The first-order chi connectivity index (χ1) is 15.3. The zero-order valence-corrected chi connectivity index (χ0v) is 19.1. The standard InChI is InChI=1S/C25H30N4O3/c1-5-28(15-12-19-10-13-26-14-11-19)23-22(24(31)29(25(23)32)16-17(2)3)20-6-8-21(9-7-20)27-18(4)30/h6-11,13-14,17H,5,12,15-16H2,1-4H3,(H,27,30). The first-order valence-corrected chi connectivity index (χ1v) is 10.9. The Morgan fingerprint density at radius 3 is 2.28 bits per heavy atom. The van der Waals surface area contributed by atoms with Gasteiger partial charge >= 0.3 is 0 Å². The Balaban J connectivity index is 1.98. The highest BCUT2D eigenvalue weighted by molar-refractivity contribution is 6.35. The average Bonchev–Trinajstić information content (AvgIpc) is 3.00. The molecule has 2 heterocycles. The Morgan fingerprint density at radius 1 is 1.06 bits per heavy atom. The van der Waals surface area contributed by atoms with Gasteiger partial charge in [-0.15, -0.1) is 0 Å². The fraction of sp³-hybridized carbons (Fsp3) is 0.360. The second-order valence-electron chi connectivity index (χ2n) is 8.28. The van der Waals surface area contributed by atoms with Crippen molar-refractivity contribution in [3.8, 4) is 0 Å². The lowest BCUT2D eigenvalue weighted by Crippen LogP contribution is -2.38. The van der Waals surface area contributed by atoms with Gasteiger partial charge in [-0.2, -0.15) is 0 Å². The summed E-state index contributed by atoms with van der Waals surface area (Å²) in [6.45, 7) is 8.99. The van der Waals surface area contributed by atoms with Gasteiger partial charge in [0.1, 0.15) is 5.70 Å². The third-order valence-electron chi connectivity index (χ3n) is 5.30. The van der Waals surface area contributed by atoms with E-state index in [2.05, 4.69) is 10.3 Å². The highest BCUT2D eigenvalue weighted by atomic mass is 16.2. The molecule has 0 bridgehead atoms. The average molecular weight is 435 g/mol. The summed E-state index contributed by atoms with van der Waals surface area (Å²) in [5.41, 5.74) is 3.29. The summed E-state index contributed by atoms with van der Waals surface area (Å²) in [7, 11) is 0. The minimum absolute atomic E-state index is 0.164. The number of aromatic nitrogens is 1. The summed E-state index contributed by atoms with van der Waals surface area (Å²) in [4.78, 5) is 45.5. The Hall–Kier alpha value is -3.48. The Bertz CT molecular complexity index is 1010. The quantitative estimate of drug-likeness (QED) is 0.612. The molecule has 0 radical (unpaired) electrons. The molecule has 2 aromatic rings. The Labute approximate surface area is 189 Å². The zero-order chi connectivity index (χ0) is 23.3. The highest BCUT2D eigenvalue weighted by Gasteiger charge is 2.41. The second kappa shape index (κ2) is 10.2. The van der Waals surface area contributed by atoms with Crippen LogP contribution in [0.15, 0.2) is 54.5 Å². The first-order valence-electron chi connectivity index (χ1n) is 10.9. The van der Waals surface area contributed by atoms with E-state index in [-0.39, 0.29) is 23.6 Å². The molecule has 1 aliphatic heterocycles. The highest BCUT2D eigenvalue weighted by Crippen LogP contribution is 2.32. The molecular formula is C25H30N4O3. The van der Waals surface area contributed by atoms with Crippen LogP contribution in [0.25, 0.3) is 5.57 Å². The van der Waals surface area contributed by atoms with Crippen LogP contribution in [0.5, 0.6) is 0 Å². The summed E-state index contributed by atoms with van der Waals surface area (Å²) in [5, 5.41) is 2.73. The van der Waals surface area contributed by atoms with Gasteiger partial charge in [-0.3, -0.25) is 24.3 Å². The van der Waals surface area contributed by atoms with Crippen LogP contribution >= 0.6 is 0 Å². The maximum absolute atomic E-state index is 13.4. The number of imide groups is 1. The van der Waals surface area contributed by atoms with Crippen LogP contribution in [-0.4, -0.2) is 52.1 Å². The van der Waals surface area contributed by atoms with Crippen molar-refractivity contribution < 1.29 is 14.4 Å². The van der Waals surface area contributed by atoms with Crippen molar-refractivity contribution in [3.05, 3.63) is 65.6 Å². The second-order valence-corrected chi connectivity index (χ2v) is 8.28. The van der Waals surface area contributed by atoms with Crippen LogP contribution in [0.3, 0.4) is 0 Å². The lowest BCUT2D eigenvalue weighted by molar-refractivity contribution is -0.138. The molecule has 168 valence electrons. The molecule has 0 spiro atoms. The van der Waals surface area contributed by atoms with E-state index in [9.17, 15) is 14.4 Å². The van der Waals surface area contributed by atoms with Crippen LogP contribution < -0.4 is 5.32 Å². The molecular weight excluding hydrogens is 404 g/mol. The van der Waals surface area contributed by atoms with Crippen molar-refractivity contribution >= 4 is 29.0 Å². The number of hydrogen-bond acceptors (Lipinski definition) is 5. The van der Waals surface area contributed by atoms with Crippen LogP contribution in [0.1, 0.15) is 38.8 Å². The summed E-state index contributed by atoms with van der Waals surface area (Å²) in [6.07, 6.45) is 4.24. The maximum Gasteiger partial charge on any atom is 0.277 e. The Morgan fingerprint density at radius 2 is 1.72 bits per heavy atom. The summed E-state index contributed by atoms with van der Waals surface area (Å²) in [6, 6.07) is 11.0. The predicted molar refractivity (Wildman–Crippen MR) is 124 cm³/mol. The van der Waals surface area contributed by atoms with Crippen molar-refractivity contribution in [1.29, 1.82) is 0 Å². The molecule has 0 saturated heterocycles. The lowest BCUT2D eigenvalue weighted by atomic mass is 10.0. The number of rotatable bonds is 9. The molecule has 1 aromatic carbocycles. The van der Waals surface area contributed by atoms with E-state index in [1.807, 2.05) is 37.8 Å². The van der Waals surface area contributed by atoms with Gasteiger partial charge < -0.3 is 10.2 Å². The van der Waals surface area contributed by atoms with Gasteiger partial charge in [-0.05, 0) is 54.7 Å². The molecule has 3 amide bonds. The van der Waals surface area contributed by atoms with Crippen LogP contribution in [0, 0.1) is 5.92 Å². The topological polar surface area (TPSA) is 82.6 Å². The Kier molecular flexibility index (Phi) is 7.41. The predicted octanol–water partition coefficient (Wildman–Crippen LogP) is 3.34. The van der Waals surface area contributed by atoms with Gasteiger partial charge in [-0.1, -0.05) is 26.0 Å². The molecule has 0 atom stereocenters. The van der Waals surface area contributed by atoms with Crippen LogP contribution in [0.4, 0.5) is 5.69 Å². The molecule has 1 aromatic heterocycles. The van der Waals surface area contributed by atoms with Gasteiger partial charge in [0.05, 0.1) is 5.57 Å². The number of carbonyl (C=O) groups is 3. The minimum Gasteiger partial charge on any atom is -0.366 e. The molecule has 3 rings (SSSR count). The summed E-state index contributed by atoms with van der Waals surface area (Å²) >= 11 is 0. The van der Waals surface area contributed by atoms with E-state index in [0.29, 0.717) is 42.2 Å². The molecule has 1 N–H and O–H groups in total. The van der Waals surface area contributed by atoms with Crippen molar-refractivity contribution in [1.82, 2.24) is 14.8 Å². The molecule has 1 aliphatic rings. The van der Waals surface area contributed by atoms with Gasteiger partial charge in [0.2, 0.25) is 5.91 Å². The third-order valence-corrected chi connectivity index (χ3v) is 5.30. The number of anilines is 1. The molecule has 0 unspecified atom stereocenters. The van der Waals surface area contributed by atoms with Gasteiger partial charge in [-0.25, -0.2) is 0 Å². The monoisotopic (exact) mass is 434 g/mol. The molecule has 7 heteroatoms. The number of nitrogens with zero attached hydrogens (tertiary/aromatic N) is 3. The summed E-state index contributed by atoms with van der Waals surface area (Å²) in [5.74, 6) is -0.520. The van der Waals surface area contributed by atoms with E-state index < -0.39 is 0 Å². The van der Waals surface area contributed by atoms with Gasteiger partial charge in [0.25, 0.3) is 11.8 Å². The normalized spacial score (nSPS) is 13.8. The van der Waals surface area contributed by atoms with Crippen molar-refractivity contribution in [2.45, 2.75) is 34.1 Å². The van der Waals surface area contributed by atoms with Crippen LogP contribution in [-0.2, 0) is 20.8 Å². The first kappa shape index (κ1) is 23.2. The van der Waals surface area contributed by atoms with E-state index >= 15 is 0 Å². The molecule has 7 nitrogen and oxygen atoms in total. The molecule has 0 fully saturated rings. The lowest BCUT2D eigenvalue weighted by Gasteiger charge is -2.25. The largest absolute Gasteiger partial charge is 0.366 e. The van der Waals surface area contributed by atoms with Gasteiger partial charge in [0.15, 0.2) is 0 Å². The van der Waals surface area contributed by atoms with E-state index in [1.54, 1.807) is 36.7 Å². The van der Waals surface area contributed by atoms with Crippen molar-refractivity contribution in [2.24, 2.45) is 5.92 Å². The van der Waals surface area contributed by atoms with Crippen molar-refractivity contribution in [2.75, 3.05) is 25.0 Å². The fourth-order valence-electron chi connectivity index (χ4n) is 3.81. The van der Waals surface area contributed by atoms with E-state index in [0.717, 1.165) is 12.0 Å². The van der Waals surface area contributed by atoms with Crippen molar-refractivity contribution in [3.63, 3.8) is 0 Å². The smallest absolute Gasteiger partial charge is 0.277 e. The zero-order valence-electron chi connectivity index (χ0n) is 19.1. The maximum atomic E-state index is 13.4. The van der Waals surface area contributed by atoms with E-state index in [1.165, 1.54) is 11.8 Å². The van der Waals surface area contributed by atoms with E-state index in [4.69, 9.17) is 0 Å². The fourth-order valence-corrected chi connectivity index (χ4v) is 3.81. The molecule has 0 saturated carbocycles. The number of nitrogens with one attached hydrogen (secondary N) is 1.